The minimum absolute atomic E-state index is 0.118. The van der Waals surface area contributed by atoms with Crippen molar-refractivity contribution in [3.05, 3.63) is 82.7 Å². The highest BCUT2D eigenvalue weighted by Crippen LogP contribution is 2.29. The highest BCUT2D eigenvalue weighted by molar-refractivity contribution is 6.05. The Kier molecular flexibility index (Phi) is 4.57. The molecule has 5 nitrogen and oxygen atoms in total. The van der Waals surface area contributed by atoms with E-state index in [1.54, 1.807) is 50.4 Å². The second-order valence-electron chi connectivity index (χ2n) is 6.45. The number of carbonyl (C=O) groups excluding carboxylic acids is 1. The third-order valence-corrected chi connectivity index (χ3v) is 4.63. The standard InChI is InChI=1S/C23H18O5/c1-14(22(24)15-6-4-3-5-7-15)27-17-9-11-19-18-10-8-16(26-2)12-20(18)23(25)28-21(19)13-17/h3-14H,1-2H3/t14-/m1/s1. The second kappa shape index (κ2) is 7.19. The van der Waals surface area contributed by atoms with Crippen LogP contribution in [0.2, 0.25) is 0 Å². The summed E-state index contributed by atoms with van der Waals surface area (Å²) in [5, 5.41) is 2.01. The lowest BCUT2D eigenvalue weighted by atomic mass is 10.1. The Balaban J connectivity index is 1.69. The molecule has 1 aromatic heterocycles. The molecule has 0 spiro atoms. The fourth-order valence-corrected chi connectivity index (χ4v) is 3.19. The van der Waals surface area contributed by atoms with E-state index in [9.17, 15) is 9.59 Å². The summed E-state index contributed by atoms with van der Waals surface area (Å²) in [7, 11) is 1.55. The maximum Gasteiger partial charge on any atom is 0.344 e. The van der Waals surface area contributed by atoms with Crippen molar-refractivity contribution in [2.75, 3.05) is 7.11 Å². The predicted molar refractivity (Wildman–Crippen MR) is 107 cm³/mol. The molecule has 0 bridgehead atoms. The molecule has 1 heterocycles. The quantitative estimate of drug-likeness (QED) is 0.290. The minimum atomic E-state index is -0.670. The van der Waals surface area contributed by atoms with Gasteiger partial charge in [-0.2, -0.15) is 0 Å². The normalized spacial score (nSPS) is 12.1. The van der Waals surface area contributed by atoms with Gasteiger partial charge in [0.2, 0.25) is 5.78 Å². The van der Waals surface area contributed by atoms with Gasteiger partial charge in [-0.1, -0.05) is 30.3 Å². The molecule has 4 rings (SSSR count). The number of Topliss-reactive ketones (excluding diaryl/α,β-unsaturated/α-hetero) is 1. The molecule has 3 aromatic carbocycles. The van der Waals surface area contributed by atoms with E-state index >= 15 is 0 Å². The Morgan fingerprint density at radius 2 is 1.61 bits per heavy atom. The molecule has 5 heteroatoms. The van der Waals surface area contributed by atoms with Gasteiger partial charge in [0.05, 0.1) is 12.5 Å². The number of benzene rings is 3. The first-order valence-corrected chi connectivity index (χ1v) is 8.87. The number of ketones is 1. The lowest BCUT2D eigenvalue weighted by molar-refractivity contribution is 0.0818. The molecule has 0 unspecified atom stereocenters. The molecule has 0 saturated carbocycles. The monoisotopic (exact) mass is 374 g/mol. The molecule has 0 fully saturated rings. The van der Waals surface area contributed by atoms with Crippen LogP contribution >= 0.6 is 0 Å². The van der Waals surface area contributed by atoms with Crippen LogP contribution in [0.1, 0.15) is 17.3 Å². The Hall–Kier alpha value is -3.60. The first-order chi connectivity index (χ1) is 13.6. The van der Waals surface area contributed by atoms with Crippen LogP contribution in [0.5, 0.6) is 11.5 Å². The third-order valence-electron chi connectivity index (χ3n) is 4.63. The number of fused-ring (bicyclic) bond motifs is 3. The fourth-order valence-electron chi connectivity index (χ4n) is 3.19. The van der Waals surface area contributed by atoms with E-state index < -0.39 is 11.7 Å². The Bertz CT molecular complexity index is 1220. The Morgan fingerprint density at radius 1 is 0.893 bits per heavy atom. The van der Waals surface area contributed by atoms with Crippen molar-refractivity contribution in [3.8, 4) is 11.5 Å². The van der Waals surface area contributed by atoms with Crippen molar-refractivity contribution in [3.63, 3.8) is 0 Å². The third kappa shape index (κ3) is 3.22. The number of hydrogen-bond acceptors (Lipinski definition) is 5. The summed E-state index contributed by atoms with van der Waals surface area (Å²) in [5.41, 5.74) is 0.536. The van der Waals surface area contributed by atoms with E-state index in [1.165, 1.54) is 0 Å². The van der Waals surface area contributed by atoms with Crippen LogP contribution in [-0.4, -0.2) is 19.0 Å². The number of methoxy groups -OCH3 is 1. The zero-order chi connectivity index (χ0) is 19.7. The molecular weight excluding hydrogens is 356 g/mol. The van der Waals surface area contributed by atoms with Gasteiger partial charge in [-0.05, 0) is 37.3 Å². The fraction of sp³-hybridized carbons (Fsp3) is 0.130. The topological polar surface area (TPSA) is 65.7 Å². The highest BCUT2D eigenvalue weighted by Gasteiger charge is 2.17. The van der Waals surface area contributed by atoms with E-state index in [1.807, 2.05) is 30.3 Å². The van der Waals surface area contributed by atoms with Gasteiger partial charge in [-0.3, -0.25) is 4.79 Å². The van der Waals surface area contributed by atoms with Crippen molar-refractivity contribution in [1.82, 2.24) is 0 Å². The summed E-state index contributed by atoms with van der Waals surface area (Å²) in [6.07, 6.45) is -0.670. The van der Waals surface area contributed by atoms with Crippen LogP contribution in [-0.2, 0) is 0 Å². The van der Waals surface area contributed by atoms with Gasteiger partial charge in [0.25, 0.3) is 0 Å². The highest BCUT2D eigenvalue weighted by atomic mass is 16.5. The molecule has 0 N–H and O–H groups in total. The van der Waals surface area contributed by atoms with E-state index in [-0.39, 0.29) is 5.78 Å². The molecule has 0 saturated heterocycles. The van der Waals surface area contributed by atoms with Gasteiger partial charge >= 0.3 is 5.63 Å². The molecule has 1 atom stereocenters. The first-order valence-electron chi connectivity index (χ1n) is 8.87. The van der Waals surface area contributed by atoms with Gasteiger partial charge in [0, 0.05) is 22.4 Å². The van der Waals surface area contributed by atoms with Crippen LogP contribution in [0.4, 0.5) is 0 Å². The van der Waals surface area contributed by atoms with Gasteiger partial charge in [0.15, 0.2) is 6.10 Å². The van der Waals surface area contributed by atoms with Crippen LogP contribution in [0, 0.1) is 0 Å². The van der Waals surface area contributed by atoms with Crippen LogP contribution in [0.25, 0.3) is 21.7 Å². The van der Waals surface area contributed by atoms with E-state index in [0.29, 0.717) is 28.0 Å². The molecule has 140 valence electrons. The van der Waals surface area contributed by atoms with Crippen molar-refractivity contribution < 1.29 is 18.7 Å². The molecule has 0 aliphatic rings. The smallest absolute Gasteiger partial charge is 0.344 e. The molecule has 0 aliphatic carbocycles. The van der Waals surface area contributed by atoms with Gasteiger partial charge in [-0.15, -0.1) is 0 Å². The van der Waals surface area contributed by atoms with Crippen molar-refractivity contribution in [2.24, 2.45) is 0 Å². The molecule has 4 aromatic rings. The number of hydrogen-bond donors (Lipinski definition) is 0. The zero-order valence-electron chi connectivity index (χ0n) is 15.5. The molecule has 0 radical (unpaired) electrons. The van der Waals surface area contributed by atoms with Gasteiger partial charge in [0.1, 0.15) is 17.1 Å². The lowest BCUT2D eigenvalue weighted by Crippen LogP contribution is -2.23. The summed E-state index contributed by atoms with van der Waals surface area (Å²) in [6.45, 7) is 1.70. The first kappa shape index (κ1) is 17.8. The van der Waals surface area contributed by atoms with Crippen LogP contribution in [0.3, 0.4) is 0 Å². The average molecular weight is 374 g/mol. The van der Waals surface area contributed by atoms with Gasteiger partial charge < -0.3 is 13.9 Å². The SMILES string of the molecule is COc1ccc2c(c1)c(=O)oc1cc(O[C@H](C)C(=O)c3ccccc3)ccc12. The summed E-state index contributed by atoms with van der Waals surface area (Å²) in [6, 6.07) is 19.5. The van der Waals surface area contributed by atoms with E-state index in [0.717, 1.165) is 10.8 Å². The van der Waals surface area contributed by atoms with Crippen molar-refractivity contribution in [1.29, 1.82) is 0 Å². The van der Waals surface area contributed by atoms with Crippen LogP contribution in [0.15, 0.2) is 75.9 Å². The second-order valence-corrected chi connectivity index (χ2v) is 6.45. The summed E-state index contributed by atoms with van der Waals surface area (Å²) < 4.78 is 16.4. The van der Waals surface area contributed by atoms with Gasteiger partial charge in [-0.25, -0.2) is 4.79 Å². The average Bonchev–Trinajstić information content (AvgIpc) is 2.73. The molecule has 0 aliphatic heterocycles. The van der Waals surface area contributed by atoms with E-state index in [2.05, 4.69) is 0 Å². The number of rotatable bonds is 5. The minimum Gasteiger partial charge on any atom is -0.497 e. The summed E-state index contributed by atoms with van der Waals surface area (Å²) in [5.74, 6) is 0.931. The maximum atomic E-state index is 12.5. The Morgan fingerprint density at radius 3 is 2.36 bits per heavy atom. The van der Waals surface area contributed by atoms with E-state index in [4.69, 9.17) is 13.9 Å². The maximum absolute atomic E-state index is 12.5. The molecular formula is C23H18O5. The zero-order valence-corrected chi connectivity index (χ0v) is 15.5. The number of ether oxygens (including phenoxy) is 2. The lowest BCUT2D eigenvalue weighted by Gasteiger charge is -2.14. The summed E-state index contributed by atoms with van der Waals surface area (Å²) >= 11 is 0. The van der Waals surface area contributed by atoms with Crippen molar-refractivity contribution in [2.45, 2.75) is 13.0 Å². The van der Waals surface area contributed by atoms with Crippen molar-refractivity contribution >= 4 is 27.5 Å². The summed E-state index contributed by atoms with van der Waals surface area (Å²) in [4.78, 5) is 24.9. The predicted octanol–water partition coefficient (Wildman–Crippen LogP) is 4.61. The molecule has 0 amide bonds. The molecule has 28 heavy (non-hydrogen) atoms. The Labute approximate surface area is 161 Å². The number of carbonyl (C=O) groups is 1. The van der Waals surface area contributed by atoms with Crippen LogP contribution < -0.4 is 15.1 Å². The largest absolute Gasteiger partial charge is 0.497 e.